The molecule has 0 saturated heterocycles. The predicted octanol–water partition coefficient (Wildman–Crippen LogP) is 2.21. The molecule has 16 heavy (non-hydrogen) atoms. The Morgan fingerprint density at radius 3 is 2.75 bits per heavy atom. The van der Waals surface area contributed by atoms with Crippen LogP contribution >= 0.6 is 11.3 Å². The highest BCUT2D eigenvalue weighted by Crippen LogP contribution is 2.26. The monoisotopic (exact) mass is 245 g/mol. The molecule has 0 amide bonds. The van der Waals surface area contributed by atoms with E-state index in [1.165, 1.54) is 11.3 Å². The first kappa shape index (κ1) is 13.1. The van der Waals surface area contributed by atoms with E-state index < -0.39 is 18.2 Å². The number of hydrogen-bond acceptors (Lipinski definition) is 4. The molecule has 0 spiro atoms. The van der Waals surface area contributed by atoms with Crippen LogP contribution in [0.2, 0.25) is 0 Å². The van der Waals surface area contributed by atoms with Crippen molar-refractivity contribution in [1.82, 2.24) is 0 Å². The molecule has 0 aliphatic heterocycles. The van der Waals surface area contributed by atoms with Crippen LogP contribution in [0.4, 0.5) is 4.39 Å². The van der Waals surface area contributed by atoms with Crippen LogP contribution in [0.1, 0.15) is 29.6 Å². The molecule has 0 bridgehead atoms. The molecule has 1 rings (SSSR count). The van der Waals surface area contributed by atoms with Crippen molar-refractivity contribution in [2.75, 3.05) is 6.61 Å². The summed E-state index contributed by atoms with van der Waals surface area (Å²) in [6.07, 6.45) is -0.906. The molecule has 3 nitrogen and oxygen atoms in total. The Bertz CT molecular complexity index is 354. The summed E-state index contributed by atoms with van der Waals surface area (Å²) in [5.41, 5.74) is 5.67. The van der Waals surface area contributed by atoms with Crippen molar-refractivity contribution in [2.45, 2.75) is 32.5 Å². The number of aryl methyl sites for hydroxylation is 1. The van der Waals surface area contributed by atoms with E-state index >= 15 is 0 Å². The number of carbonyl (C=O) groups is 1. The summed E-state index contributed by atoms with van der Waals surface area (Å²) in [4.78, 5) is 13.0. The van der Waals surface area contributed by atoms with E-state index in [9.17, 15) is 9.18 Å². The summed E-state index contributed by atoms with van der Waals surface area (Å²) in [7, 11) is 0. The first-order chi connectivity index (χ1) is 7.60. The highest BCUT2D eigenvalue weighted by molar-refractivity contribution is 7.12. The van der Waals surface area contributed by atoms with Crippen LogP contribution in [0.15, 0.2) is 12.1 Å². The van der Waals surface area contributed by atoms with Crippen molar-refractivity contribution in [1.29, 1.82) is 0 Å². The van der Waals surface area contributed by atoms with Gasteiger partial charge in [0, 0.05) is 9.75 Å². The Morgan fingerprint density at radius 2 is 2.25 bits per heavy atom. The van der Waals surface area contributed by atoms with Crippen molar-refractivity contribution < 1.29 is 13.9 Å². The first-order valence-corrected chi connectivity index (χ1v) is 6.06. The second-order valence-electron chi connectivity index (χ2n) is 3.34. The maximum Gasteiger partial charge on any atom is 0.342 e. The lowest BCUT2D eigenvalue weighted by Gasteiger charge is -2.13. The minimum atomic E-state index is -1.79. The van der Waals surface area contributed by atoms with Crippen LogP contribution in [0.25, 0.3) is 0 Å². The van der Waals surface area contributed by atoms with E-state index in [2.05, 4.69) is 4.74 Å². The van der Waals surface area contributed by atoms with Gasteiger partial charge in [-0.1, -0.05) is 6.92 Å². The van der Waals surface area contributed by atoms with Crippen LogP contribution in [-0.4, -0.2) is 18.7 Å². The summed E-state index contributed by atoms with van der Waals surface area (Å²) in [5, 5.41) is 0. The molecule has 1 aromatic rings. The minimum Gasteiger partial charge on any atom is -0.464 e. The van der Waals surface area contributed by atoms with E-state index in [4.69, 9.17) is 5.73 Å². The standard InChI is InChI=1S/C11H16FNO2S/c1-3-7-5-6-8(16-7)10(13)9(12)11(14)15-4-2/h5-6,9-10H,3-4,13H2,1-2H3/t9?,10-/m1/s1. The van der Waals surface area contributed by atoms with Gasteiger partial charge in [0.05, 0.1) is 12.6 Å². The van der Waals surface area contributed by atoms with Gasteiger partial charge in [0.2, 0.25) is 6.17 Å². The van der Waals surface area contributed by atoms with E-state index in [1.54, 1.807) is 13.0 Å². The van der Waals surface area contributed by atoms with Crippen molar-refractivity contribution in [3.8, 4) is 0 Å². The fourth-order valence-electron chi connectivity index (χ4n) is 1.28. The Morgan fingerprint density at radius 1 is 1.56 bits per heavy atom. The molecule has 2 N–H and O–H groups in total. The SMILES string of the molecule is CCOC(=O)C(F)[C@H](N)c1ccc(CC)s1. The zero-order valence-corrected chi connectivity index (χ0v) is 10.2. The number of ether oxygens (including phenoxy) is 1. The second-order valence-corrected chi connectivity index (χ2v) is 4.54. The summed E-state index contributed by atoms with van der Waals surface area (Å²) in [6, 6.07) is 2.74. The molecule has 0 fully saturated rings. The molecule has 1 aromatic heterocycles. The van der Waals surface area contributed by atoms with Gasteiger partial charge in [0.15, 0.2) is 0 Å². The molecule has 0 aliphatic rings. The number of nitrogens with two attached hydrogens (primary N) is 1. The third kappa shape index (κ3) is 3.02. The Labute approximate surface area is 98.4 Å². The van der Waals surface area contributed by atoms with E-state index in [-0.39, 0.29) is 6.61 Å². The van der Waals surface area contributed by atoms with Crippen molar-refractivity contribution >= 4 is 17.3 Å². The number of hydrogen-bond donors (Lipinski definition) is 1. The normalized spacial score (nSPS) is 14.5. The number of esters is 1. The summed E-state index contributed by atoms with van der Waals surface area (Å²) in [6.45, 7) is 3.81. The molecule has 1 unspecified atom stereocenters. The van der Waals surface area contributed by atoms with E-state index in [1.807, 2.05) is 13.0 Å². The number of carbonyl (C=O) groups excluding carboxylic acids is 1. The molecular formula is C11H16FNO2S. The fraction of sp³-hybridized carbons (Fsp3) is 0.545. The average molecular weight is 245 g/mol. The molecule has 0 radical (unpaired) electrons. The lowest BCUT2D eigenvalue weighted by atomic mass is 10.1. The predicted molar refractivity (Wildman–Crippen MR) is 62.2 cm³/mol. The van der Waals surface area contributed by atoms with Crippen molar-refractivity contribution in [2.24, 2.45) is 5.73 Å². The zero-order valence-electron chi connectivity index (χ0n) is 9.40. The van der Waals surface area contributed by atoms with E-state index in [0.29, 0.717) is 4.88 Å². The van der Waals surface area contributed by atoms with Crippen LogP contribution in [-0.2, 0) is 16.0 Å². The van der Waals surface area contributed by atoms with Gasteiger partial charge in [-0.15, -0.1) is 11.3 Å². The maximum atomic E-state index is 13.6. The Hall–Kier alpha value is -0.940. The molecule has 0 aliphatic carbocycles. The Balaban J connectivity index is 2.69. The first-order valence-electron chi connectivity index (χ1n) is 5.25. The van der Waals surface area contributed by atoms with Gasteiger partial charge in [0.25, 0.3) is 0 Å². The molecule has 90 valence electrons. The van der Waals surface area contributed by atoms with Crippen molar-refractivity contribution in [3.05, 3.63) is 21.9 Å². The van der Waals surface area contributed by atoms with Gasteiger partial charge < -0.3 is 10.5 Å². The molecule has 0 aromatic carbocycles. The smallest absolute Gasteiger partial charge is 0.342 e. The lowest BCUT2D eigenvalue weighted by Crippen LogP contribution is -2.30. The number of alkyl halides is 1. The summed E-state index contributed by atoms with van der Waals surface area (Å²) >= 11 is 1.43. The highest BCUT2D eigenvalue weighted by atomic mass is 32.1. The van der Waals surface area contributed by atoms with E-state index in [0.717, 1.165) is 11.3 Å². The van der Waals surface area contributed by atoms with Gasteiger partial charge in [-0.2, -0.15) is 0 Å². The van der Waals surface area contributed by atoms with Crippen LogP contribution < -0.4 is 5.73 Å². The van der Waals surface area contributed by atoms with Crippen molar-refractivity contribution in [3.63, 3.8) is 0 Å². The van der Waals surface area contributed by atoms with Gasteiger partial charge in [0.1, 0.15) is 0 Å². The molecule has 0 saturated carbocycles. The second kappa shape index (κ2) is 5.96. The van der Waals surface area contributed by atoms with Gasteiger partial charge in [-0.05, 0) is 25.5 Å². The zero-order chi connectivity index (χ0) is 12.1. The number of thiophene rings is 1. The van der Waals surface area contributed by atoms with Gasteiger partial charge in [-0.25, -0.2) is 9.18 Å². The summed E-state index contributed by atoms with van der Waals surface area (Å²) in [5.74, 6) is -0.888. The number of halogens is 1. The molecule has 1 heterocycles. The van der Waals surface area contributed by atoms with Crippen LogP contribution in [0.3, 0.4) is 0 Å². The maximum absolute atomic E-state index is 13.6. The largest absolute Gasteiger partial charge is 0.464 e. The molecule has 5 heteroatoms. The van der Waals surface area contributed by atoms with Gasteiger partial charge >= 0.3 is 5.97 Å². The average Bonchev–Trinajstić information content (AvgIpc) is 2.75. The van der Waals surface area contributed by atoms with Crippen LogP contribution in [0.5, 0.6) is 0 Å². The third-order valence-electron chi connectivity index (χ3n) is 2.19. The van der Waals surface area contributed by atoms with Gasteiger partial charge in [-0.3, -0.25) is 0 Å². The topological polar surface area (TPSA) is 52.3 Å². The molecule has 2 atom stereocenters. The lowest BCUT2D eigenvalue weighted by molar-refractivity contribution is -0.149. The van der Waals surface area contributed by atoms with Crippen LogP contribution in [0, 0.1) is 0 Å². The molecular weight excluding hydrogens is 229 g/mol. The Kier molecular flexibility index (Phi) is 4.89. The fourth-order valence-corrected chi connectivity index (χ4v) is 2.25. The highest BCUT2D eigenvalue weighted by Gasteiger charge is 2.28. The number of rotatable bonds is 5. The summed E-state index contributed by atoms with van der Waals surface area (Å²) < 4.78 is 18.2. The minimum absolute atomic E-state index is 0.163. The quantitative estimate of drug-likeness (QED) is 0.809. The third-order valence-corrected chi connectivity index (χ3v) is 3.52.